The summed E-state index contributed by atoms with van der Waals surface area (Å²) in [6, 6.07) is 4.57. The van der Waals surface area contributed by atoms with Crippen molar-refractivity contribution in [2.75, 3.05) is 11.1 Å². The maximum Gasteiger partial charge on any atom is 0.311 e. The Kier molecular flexibility index (Phi) is 2.98. The number of hydrogen-bond acceptors (Lipinski definition) is 6. The molecule has 0 aromatic carbocycles. The Morgan fingerprint density at radius 1 is 1.37 bits per heavy atom. The van der Waals surface area contributed by atoms with Gasteiger partial charge in [0.25, 0.3) is 0 Å². The molecule has 0 aliphatic carbocycles. The molecule has 19 heavy (non-hydrogen) atoms. The largest absolute Gasteiger partial charge is 0.378 e. The highest BCUT2D eigenvalue weighted by Gasteiger charge is 2.33. The molecule has 0 spiro atoms. The van der Waals surface area contributed by atoms with Crippen LogP contribution in [0.2, 0.25) is 0 Å². The summed E-state index contributed by atoms with van der Waals surface area (Å²) in [5, 5.41) is 17.6. The lowest BCUT2D eigenvalue weighted by atomic mass is 10.00. The van der Waals surface area contributed by atoms with Gasteiger partial charge in [-0.2, -0.15) is 0 Å². The van der Waals surface area contributed by atoms with Crippen LogP contribution in [0.4, 0.5) is 17.3 Å². The molecule has 102 valence electrons. The van der Waals surface area contributed by atoms with E-state index in [9.17, 15) is 10.1 Å². The fourth-order valence-electron chi connectivity index (χ4n) is 3.09. The third-order valence-corrected chi connectivity index (χ3v) is 3.92. The number of rotatable bonds is 3. The van der Waals surface area contributed by atoms with Gasteiger partial charge in [0.2, 0.25) is 5.82 Å². The number of piperidine rings is 1. The predicted molar refractivity (Wildman–Crippen MR) is 71.9 cm³/mol. The number of nitro groups is 1. The van der Waals surface area contributed by atoms with E-state index in [0.29, 0.717) is 23.9 Å². The molecule has 2 saturated heterocycles. The van der Waals surface area contributed by atoms with Crippen molar-refractivity contribution in [3.63, 3.8) is 0 Å². The lowest BCUT2D eigenvalue weighted by Crippen LogP contribution is -2.43. The van der Waals surface area contributed by atoms with E-state index < -0.39 is 4.92 Å². The minimum absolute atomic E-state index is 0.0353. The third kappa shape index (κ3) is 2.46. The highest BCUT2D eigenvalue weighted by molar-refractivity contribution is 5.57. The maximum atomic E-state index is 10.7. The molecule has 2 bridgehead atoms. The van der Waals surface area contributed by atoms with Gasteiger partial charge in [0.1, 0.15) is 5.82 Å². The molecule has 0 radical (unpaired) electrons. The fourth-order valence-corrected chi connectivity index (χ4v) is 3.09. The van der Waals surface area contributed by atoms with Crippen molar-refractivity contribution in [2.45, 2.75) is 43.8 Å². The molecule has 2 atom stereocenters. The number of nitrogens with one attached hydrogen (secondary N) is 2. The van der Waals surface area contributed by atoms with Crippen LogP contribution >= 0.6 is 0 Å². The van der Waals surface area contributed by atoms with Gasteiger partial charge in [0, 0.05) is 24.2 Å². The summed E-state index contributed by atoms with van der Waals surface area (Å²) in [5.41, 5.74) is 5.45. The van der Waals surface area contributed by atoms with Gasteiger partial charge >= 0.3 is 5.69 Å². The summed E-state index contributed by atoms with van der Waals surface area (Å²) >= 11 is 0. The first-order valence-corrected chi connectivity index (χ1v) is 6.55. The summed E-state index contributed by atoms with van der Waals surface area (Å²) in [7, 11) is 0. The van der Waals surface area contributed by atoms with Gasteiger partial charge in [-0.1, -0.05) is 0 Å². The molecule has 3 rings (SSSR count). The number of anilines is 2. The molecule has 7 nitrogen and oxygen atoms in total. The molecule has 3 heterocycles. The van der Waals surface area contributed by atoms with Crippen LogP contribution in [0.25, 0.3) is 0 Å². The Morgan fingerprint density at radius 2 is 2.05 bits per heavy atom. The first-order valence-electron chi connectivity index (χ1n) is 6.55. The van der Waals surface area contributed by atoms with Crippen LogP contribution in [0.15, 0.2) is 12.1 Å². The minimum atomic E-state index is -0.517. The van der Waals surface area contributed by atoms with E-state index in [1.165, 1.54) is 18.9 Å². The van der Waals surface area contributed by atoms with E-state index in [-0.39, 0.29) is 11.5 Å². The molecule has 0 amide bonds. The number of hydrogen-bond donors (Lipinski definition) is 3. The van der Waals surface area contributed by atoms with E-state index in [1.807, 2.05) is 0 Å². The molecular formula is C12H17N5O2. The normalized spacial score (nSPS) is 29.2. The van der Waals surface area contributed by atoms with Gasteiger partial charge < -0.3 is 16.4 Å². The molecule has 7 heteroatoms. The second-order valence-corrected chi connectivity index (χ2v) is 5.31. The van der Waals surface area contributed by atoms with Gasteiger partial charge in [-0.25, -0.2) is 4.98 Å². The molecule has 2 fully saturated rings. The first-order chi connectivity index (χ1) is 9.11. The number of nitrogens with zero attached hydrogens (tertiary/aromatic N) is 2. The average molecular weight is 263 g/mol. The SMILES string of the molecule is Nc1nc(NC2CC3CCC(C2)N3)ccc1[N+](=O)[O-]. The Morgan fingerprint density at radius 3 is 2.63 bits per heavy atom. The number of nitrogen functional groups attached to an aromatic ring is 1. The van der Waals surface area contributed by atoms with Crippen LogP contribution in [0.3, 0.4) is 0 Å². The van der Waals surface area contributed by atoms with Crippen molar-refractivity contribution in [1.82, 2.24) is 10.3 Å². The quantitative estimate of drug-likeness (QED) is 0.560. The van der Waals surface area contributed by atoms with Crippen LogP contribution in [-0.4, -0.2) is 28.0 Å². The van der Waals surface area contributed by atoms with Crippen LogP contribution in [0.5, 0.6) is 0 Å². The maximum absolute atomic E-state index is 10.7. The summed E-state index contributed by atoms with van der Waals surface area (Å²) in [4.78, 5) is 14.2. The van der Waals surface area contributed by atoms with Crippen LogP contribution in [0.1, 0.15) is 25.7 Å². The molecule has 2 aliphatic heterocycles. The Labute approximate surface area is 110 Å². The Hall–Kier alpha value is -1.89. The highest BCUT2D eigenvalue weighted by Crippen LogP contribution is 2.29. The number of pyridine rings is 1. The molecule has 1 aromatic rings. The zero-order valence-electron chi connectivity index (χ0n) is 10.5. The Bertz CT molecular complexity index is 495. The topological polar surface area (TPSA) is 106 Å². The zero-order valence-corrected chi connectivity index (χ0v) is 10.5. The van der Waals surface area contributed by atoms with Crippen LogP contribution < -0.4 is 16.4 Å². The lowest BCUT2D eigenvalue weighted by molar-refractivity contribution is -0.384. The van der Waals surface area contributed by atoms with Crippen molar-refractivity contribution in [3.8, 4) is 0 Å². The highest BCUT2D eigenvalue weighted by atomic mass is 16.6. The number of aromatic nitrogens is 1. The molecule has 0 saturated carbocycles. The van der Waals surface area contributed by atoms with Crippen LogP contribution in [-0.2, 0) is 0 Å². The van der Waals surface area contributed by atoms with E-state index in [1.54, 1.807) is 6.07 Å². The van der Waals surface area contributed by atoms with E-state index in [4.69, 9.17) is 5.73 Å². The fraction of sp³-hybridized carbons (Fsp3) is 0.583. The summed E-state index contributed by atoms with van der Waals surface area (Å²) in [5.74, 6) is 0.585. The average Bonchev–Trinajstić information content (AvgIpc) is 2.68. The van der Waals surface area contributed by atoms with Gasteiger partial charge in [0.05, 0.1) is 4.92 Å². The van der Waals surface area contributed by atoms with E-state index >= 15 is 0 Å². The molecule has 1 aromatic heterocycles. The van der Waals surface area contributed by atoms with Crippen molar-refractivity contribution in [3.05, 3.63) is 22.2 Å². The van der Waals surface area contributed by atoms with Gasteiger partial charge in [-0.3, -0.25) is 10.1 Å². The van der Waals surface area contributed by atoms with Crippen molar-refractivity contribution in [1.29, 1.82) is 0 Å². The predicted octanol–water partition coefficient (Wildman–Crippen LogP) is 1.27. The van der Waals surface area contributed by atoms with E-state index in [2.05, 4.69) is 15.6 Å². The lowest BCUT2D eigenvalue weighted by Gasteiger charge is -2.30. The van der Waals surface area contributed by atoms with E-state index in [0.717, 1.165) is 12.8 Å². The third-order valence-electron chi connectivity index (χ3n) is 3.92. The first kappa shape index (κ1) is 12.2. The summed E-state index contributed by atoms with van der Waals surface area (Å²) in [6.45, 7) is 0. The van der Waals surface area contributed by atoms with Crippen LogP contribution in [0, 0.1) is 10.1 Å². The number of fused-ring (bicyclic) bond motifs is 2. The standard InChI is InChI=1S/C12H17N5O2/c13-12-10(17(18)19)3-4-11(16-12)15-9-5-7-1-2-8(6-9)14-7/h3-4,7-9,14H,1-2,5-6H2,(H3,13,15,16). The second kappa shape index (κ2) is 4.65. The zero-order chi connectivity index (χ0) is 13.4. The second-order valence-electron chi connectivity index (χ2n) is 5.31. The molecule has 4 N–H and O–H groups in total. The smallest absolute Gasteiger partial charge is 0.311 e. The minimum Gasteiger partial charge on any atom is -0.378 e. The Balaban J connectivity index is 1.70. The molecular weight excluding hydrogens is 246 g/mol. The summed E-state index contributed by atoms with van der Waals surface area (Å²) in [6.07, 6.45) is 4.60. The van der Waals surface area contributed by atoms with Crippen molar-refractivity contribution >= 4 is 17.3 Å². The molecule has 2 unspecified atom stereocenters. The van der Waals surface area contributed by atoms with Crippen molar-refractivity contribution in [2.24, 2.45) is 0 Å². The number of nitrogens with two attached hydrogens (primary N) is 1. The van der Waals surface area contributed by atoms with Gasteiger partial charge in [0.15, 0.2) is 0 Å². The monoisotopic (exact) mass is 263 g/mol. The van der Waals surface area contributed by atoms with Gasteiger partial charge in [-0.15, -0.1) is 0 Å². The van der Waals surface area contributed by atoms with Gasteiger partial charge in [-0.05, 0) is 31.7 Å². The van der Waals surface area contributed by atoms with Crippen molar-refractivity contribution < 1.29 is 4.92 Å². The summed E-state index contributed by atoms with van der Waals surface area (Å²) < 4.78 is 0. The molecule has 2 aliphatic rings.